The molecule has 2 aromatic rings. The molecule has 0 aliphatic rings. The molecule has 0 saturated carbocycles. The van der Waals surface area contributed by atoms with Gasteiger partial charge in [-0.3, -0.25) is 9.98 Å². The molecule has 0 radical (unpaired) electrons. The summed E-state index contributed by atoms with van der Waals surface area (Å²) in [7, 11) is 0. The number of aliphatic imine (C=N–C) groups is 1. The Morgan fingerprint density at radius 1 is 1.37 bits per heavy atom. The molecule has 1 heterocycles. The zero-order valence-corrected chi connectivity index (χ0v) is 12.5. The first-order valence-electron chi connectivity index (χ1n) is 5.70. The lowest BCUT2D eigenvalue weighted by Crippen LogP contribution is -1.97. The molecular formula is C14H13IN2O2. The topological polar surface area (TPSA) is 65.7 Å². The first-order chi connectivity index (χ1) is 9.13. The van der Waals surface area contributed by atoms with E-state index in [1.807, 2.05) is 24.3 Å². The molecule has 1 aromatic carbocycles. The third-order valence-electron chi connectivity index (χ3n) is 2.71. The van der Waals surface area contributed by atoms with Gasteiger partial charge < -0.3 is 10.2 Å². The number of aromatic hydroxyl groups is 1. The van der Waals surface area contributed by atoms with Gasteiger partial charge in [0.05, 0.1) is 18.0 Å². The standard InChI is InChI=1S/C14H13IN2O2/c1-9-14(19)11(10(8-18)6-16-9)7-17-13-5-3-2-4-12(13)15/h2-7,18-19H,8H2,1H3. The van der Waals surface area contributed by atoms with Gasteiger partial charge in [0.2, 0.25) is 0 Å². The van der Waals surface area contributed by atoms with Crippen molar-refractivity contribution >= 4 is 34.5 Å². The second-order valence-corrected chi connectivity index (χ2v) is 5.16. The number of aryl methyl sites for hydroxylation is 1. The van der Waals surface area contributed by atoms with Gasteiger partial charge in [0.15, 0.2) is 0 Å². The number of halogens is 1. The predicted octanol–water partition coefficient (Wildman–Crippen LogP) is 2.94. The molecule has 98 valence electrons. The number of nitrogens with zero attached hydrogens (tertiary/aromatic N) is 2. The highest BCUT2D eigenvalue weighted by Crippen LogP contribution is 2.24. The number of aliphatic hydroxyl groups excluding tert-OH is 1. The van der Waals surface area contributed by atoms with Crippen LogP contribution < -0.4 is 0 Å². The van der Waals surface area contributed by atoms with Crippen molar-refractivity contribution in [1.29, 1.82) is 0 Å². The first-order valence-corrected chi connectivity index (χ1v) is 6.78. The third-order valence-corrected chi connectivity index (χ3v) is 3.63. The lowest BCUT2D eigenvalue weighted by Gasteiger charge is -2.07. The summed E-state index contributed by atoms with van der Waals surface area (Å²) < 4.78 is 1.02. The summed E-state index contributed by atoms with van der Waals surface area (Å²) in [5.41, 5.74) is 2.40. The Kier molecular flexibility index (Phi) is 4.49. The molecule has 0 atom stereocenters. The molecule has 1 aromatic heterocycles. The summed E-state index contributed by atoms with van der Waals surface area (Å²) in [6.07, 6.45) is 3.11. The van der Waals surface area contributed by atoms with Crippen LogP contribution in [0.5, 0.6) is 5.75 Å². The minimum absolute atomic E-state index is 0.0567. The summed E-state index contributed by atoms with van der Waals surface area (Å²) >= 11 is 2.20. The van der Waals surface area contributed by atoms with E-state index in [1.165, 1.54) is 0 Å². The van der Waals surface area contributed by atoms with Gasteiger partial charge in [-0.1, -0.05) is 12.1 Å². The molecule has 0 fully saturated rings. The first kappa shape index (κ1) is 14.0. The summed E-state index contributed by atoms with van der Waals surface area (Å²) in [5.74, 6) is 0.0567. The smallest absolute Gasteiger partial charge is 0.145 e. The van der Waals surface area contributed by atoms with Crippen molar-refractivity contribution in [2.24, 2.45) is 4.99 Å². The molecule has 0 amide bonds. The second-order valence-electron chi connectivity index (χ2n) is 4.00. The van der Waals surface area contributed by atoms with Crippen LogP contribution in [0.15, 0.2) is 35.5 Å². The molecular weight excluding hydrogens is 355 g/mol. The Bertz CT molecular complexity index is 627. The van der Waals surface area contributed by atoms with Crippen LogP contribution in [0.1, 0.15) is 16.8 Å². The number of rotatable bonds is 3. The van der Waals surface area contributed by atoms with Crippen LogP contribution in [0, 0.1) is 10.5 Å². The van der Waals surface area contributed by atoms with E-state index in [1.54, 1.807) is 19.3 Å². The van der Waals surface area contributed by atoms with E-state index in [2.05, 4.69) is 32.6 Å². The largest absolute Gasteiger partial charge is 0.505 e. The van der Waals surface area contributed by atoms with Crippen LogP contribution >= 0.6 is 22.6 Å². The Morgan fingerprint density at radius 3 is 2.79 bits per heavy atom. The van der Waals surface area contributed by atoms with Gasteiger partial charge >= 0.3 is 0 Å². The number of para-hydroxylation sites is 1. The molecule has 19 heavy (non-hydrogen) atoms. The van der Waals surface area contributed by atoms with E-state index in [9.17, 15) is 10.2 Å². The summed E-state index contributed by atoms with van der Waals surface area (Å²) in [5, 5.41) is 19.3. The lowest BCUT2D eigenvalue weighted by atomic mass is 10.1. The van der Waals surface area contributed by atoms with Crippen molar-refractivity contribution in [3.63, 3.8) is 0 Å². The molecule has 5 heteroatoms. The van der Waals surface area contributed by atoms with Crippen LogP contribution in [-0.4, -0.2) is 21.4 Å². The second kappa shape index (κ2) is 6.12. The van der Waals surface area contributed by atoms with Crippen molar-refractivity contribution in [3.8, 4) is 5.75 Å². The van der Waals surface area contributed by atoms with Gasteiger partial charge in [-0.2, -0.15) is 0 Å². The molecule has 0 spiro atoms. The highest BCUT2D eigenvalue weighted by molar-refractivity contribution is 14.1. The Labute approximate surface area is 125 Å². The maximum Gasteiger partial charge on any atom is 0.145 e. The Hall–Kier alpha value is -1.47. The van der Waals surface area contributed by atoms with Crippen LogP contribution in [0.25, 0.3) is 0 Å². The van der Waals surface area contributed by atoms with Crippen molar-refractivity contribution in [2.45, 2.75) is 13.5 Å². The van der Waals surface area contributed by atoms with Crippen LogP contribution in [0.3, 0.4) is 0 Å². The van der Waals surface area contributed by atoms with Gasteiger partial charge in [0.1, 0.15) is 5.75 Å². The van der Waals surface area contributed by atoms with Crippen molar-refractivity contribution < 1.29 is 10.2 Å². The molecule has 0 saturated heterocycles. The Morgan fingerprint density at radius 2 is 2.11 bits per heavy atom. The van der Waals surface area contributed by atoms with Crippen molar-refractivity contribution in [3.05, 3.63) is 50.9 Å². The van der Waals surface area contributed by atoms with Crippen molar-refractivity contribution in [1.82, 2.24) is 4.98 Å². The quantitative estimate of drug-likeness (QED) is 0.647. The van der Waals surface area contributed by atoms with E-state index in [-0.39, 0.29) is 12.4 Å². The molecule has 0 aliphatic heterocycles. The number of hydrogen-bond donors (Lipinski definition) is 2. The molecule has 4 nitrogen and oxygen atoms in total. The minimum atomic E-state index is -0.186. The van der Waals surface area contributed by atoms with Crippen LogP contribution in [0.4, 0.5) is 5.69 Å². The van der Waals surface area contributed by atoms with E-state index >= 15 is 0 Å². The van der Waals surface area contributed by atoms with Crippen LogP contribution in [0.2, 0.25) is 0 Å². The lowest BCUT2D eigenvalue weighted by molar-refractivity contribution is 0.280. The normalized spacial score (nSPS) is 11.1. The maximum absolute atomic E-state index is 9.99. The fourth-order valence-electron chi connectivity index (χ4n) is 1.61. The van der Waals surface area contributed by atoms with E-state index < -0.39 is 0 Å². The summed E-state index contributed by atoms with van der Waals surface area (Å²) in [6.45, 7) is 1.52. The van der Waals surface area contributed by atoms with E-state index in [4.69, 9.17) is 0 Å². The SMILES string of the molecule is Cc1ncc(CO)c(C=Nc2ccccc2I)c1O. The average Bonchev–Trinajstić information content (AvgIpc) is 2.42. The van der Waals surface area contributed by atoms with Gasteiger partial charge in [-0.15, -0.1) is 0 Å². The summed E-state index contributed by atoms with van der Waals surface area (Å²) in [4.78, 5) is 8.36. The molecule has 0 aliphatic carbocycles. The number of pyridine rings is 1. The van der Waals surface area contributed by atoms with Gasteiger partial charge in [-0.05, 0) is 41.6 Å². The highest BCUT2D eigenvalue weighted by Gasteiger charge is 2.09. The van der Waals surface area contributed by atoms with Gasteiger partial charge in [0.25, 0.3) is 0 Å². The van der Waals surface area contributed by atoms with E-state index in [0.29, 0.717) is 16.8 Å². The fraction of sp³-hybridized carbons (Fsp3) is 0.143. The molecule has 0 unspecified atom stereocenters. The highest BCUT2D eigenvalue weighted by atomic mass is 127. The fourth-order valence-corrected chi connectivity index (χ4v) is 2.14. The van der Waals surface area contributed by atoms with Gasteiger partial charge in [0, 0.05) is 27.1 Å². The average molecular weight is 368 g/mol. The zero-order chi connectivity index (χ0) is 13.8. The predicted molar refractivity (Wildman–Crippen MR) is 83.0 cm³/mol. The van der Waals surface area contributed by atoms with Crippen LogP contribution in [-0.2, 0) is 6.61 Å². The monoisotopic (exact) mass is 368 g/mol. The number of aliphatic hydroxyl groups is 1. The maximum atomic E-state index is 9.99. The molecule has 0 bridgehead atoms. The number of benzene rings is 1. The zero-order valence-electron chi connectivity index (χ0n) is 10.3. The van der Waals surface area contributed by atoms with Gasteiger partial charge in [-0.25, -0.2) is 0 Å². The number of aromatic nitrogens is 1. The van der Waals surface area contributed by atoms with Crippen molar-refractivity contribution in [2.75, 3.05) is 0 Å². The Balaban J connectivity index is 2.44. The van der Waals surface area contributed by atoms with E-state index in [0.717, 1.165) is 9.26 Å². The minimum Gasteiger partial charge on any atom is -0.505 e. The third kappa shape index (κ3) is 3.10. The summed E-state index contributed by atoms with van der Waals surface area (Å²) in [6, 6.07) is 7.69. The molecule has 2 N–H and O–H groups in total. The molecule has 2 rings (SSSR count). The number of hydrogen-bond acceptors (Lipinski definition) is 4.